The molecule has 0 radical (unpaired) electrons. The fourth-order valence-electron chi connectivity index (χ4n) is 2.18. The summed E-state index contributed by atoms with van der Waals surface area (Å²) in [5.41, 5.74) is -0.0458. The van der Waals surface area contributed by atoms with Crippen LogP contribution < -0.4 is 5.69 Å². The van der Waals surface area contributed by atoms with Gasteiger partial charge in [-0.15, -0.1) is 0 Å². The zero-order valence-corrected chi connectivity index (χ0v) is 10.7. The van der Waals surface area contributed by atoms with Crippen molar-refractivity contribution in [3.63, 3.8) is 0 Å². The van der Waals surface area contributed by atoms with E-state index in [1.165, 1.54) is 19.3 Å². The second kappa shape index (κ2) is 3.75. The SMILES string of the molecule is Cn1c(C(C)(C)C)nn(CC2CCC2)c1=O. The maximum absolute atomic E-state index is 12.0. The van der Waals surface area contributed by atoms with Crippen LogP contribution in [0.1, 0.15) is 45.9 Å². The molecule has 1 aromatic heterocycles. The average Bonchev–Trinajstić information content (AvgIpc) is 2.37. The molecule has 0 N–H and O–H groups in total. The summed E-state index contributed by atoms with van der Waals surface area (Å²) in [6, 6.07) is 0. The lowest BCUT2D eigenvalue weighted by molar-refractivity contribution is 0.262. The molecule has 4 heteroatoms. The first kappa shape index (κ1) is 11.4. The lowest BCUT2D eigenvalue weighted by Gasteiger charge is -2.24. The van der Waals surface area contributed by atoms with Crippen molar-refractivity contribution in [2.75, 3.05) is 0 Å². The van der Waals surface area contributed by atoms with E-state index in [0.29, 0.717) is 5.92 Å². The van der Waals surface area contributed by atoms with Gasteiger partial charge in [0.25, 0.3) is 0 Å². The lowest BCUT2D eigenvalue weighted by Crippen LogP contribution is -2.29. The summed E-state index contributed by atoms with van der Waals surface area (Å²) in [6.07, 6.45) is 3.79. The van der Waals surface area contributed by atoms with Crippen molar-refractivity contribution >= 4 is 0 Å². The maximum atomic E-state index is 12.0. The van der Waals surface area contributed by atoms with Crippen LogP contribution in [-0.4, -0.2) is 14.3 Å². The Morgan fingerprint density at radius 2 is 2.00 bits per heavy atom. The van der Waals surface area contributed by atoms with Crippen molar-refractivity contribution in [3.8, 4) is 0 Å². The highest BCUT2D eigenvalue weighted by Crippen LogP contribution is 2.27. The molecular formula is C12H21N3O. The summed E-state index contributed by atoms with van der Waals surface area (Å²) >= 11 is 0. The van der Waals surface area contributed by atoms with Gasteiger partial charge in [0.1, 0.15) is 5.82 Å². The van der Waals surface area contributed by atoms with Gasteiger partial charge in [-0.2, -0.15) is 5.10 Å². The van der Waals surface area contributed by atoms with E-state index in [1.807, 2.05) is 7.05 Å². The van der Waals surface area contributed by atoms with Gasteiger partial charge in [0.2, 0.25) is 0 Å². The van der Waals surface area contributed by atoms with E-state index in [2.05, 4.69) is 25.9 Å². The summed E-state index contributed by atoms with van der Waals surface area (Å²) < 4.78 is 3.32. The smallest absolute Gasteiger partial charge is 0.282 e. The highest BCUT2D eigenvalue weighted by Gasteiger charge is 2.25. The fraction of sp³-hybridized carbons (Fsp3) is 0.833. The van der Waals surface area contributed by atoms with Crippen molar-refractivity contribution in [1.82, 2.24) is 14.3 Å². The van der Waals surface area contributed by atoms with Crippen LogP contribution in [0.5, 0.6) is 0 Å². The molecule has 0 bridgehead atoms. The highest BCUT2D eigenvalue weighted by molar-refractivity contribution is 5.01. The van der Waals surface area contributed by atoms with Gasteiger partial charge in [-0.05, 0) is 18.8 Å². The standard InChI is InChI=1S/C12H21N3O/c1-12(2,3)10-13-15(11(16)14(10)4)8-9-6-5-7-9/h9H,5-8H2,1-4H3. The first-order chi connectivity index (χ1) is 7.39. The predicted octanol–water partition coefficient (Wildman–Crippen LogP) is 1.68. The molecule has 1 heterocycles. The van der Waals surface area contributed by atoms with Crippen LogP contribution in [0.4, 0.5) is 0 Å². The van der Waals surface area contributed by atoms with Gasteiger partial charge in [0.05, 0.1) is 0 Å². The van der Waals surface area contributed by atoms with Gasteiger partial charge >= 0.3 is 5.69 Å². The number of hydrogen-bond donors (Lipinski definition) is 0. The van der Waals surface area contributed by atoms with E-state index in [1.54, 1.807) is 9.25 Å². The molecular weight excluding hydrogens is 202 g/mol. The molecule has 1 fully saturated rings. The number of aromatic nitrogens is 3. The Bertz CT molecular complexity index is 432. The fourth-order valence-corrected chi connectivity index (χ4v) is 2.18. The molecule has 1 aliphatic carbocycles. The second-order valence-electron chi connectivity index (χ2n) is 5.89. The van der Waals surface area contributed by atoms with E-state index in [-0.39, 0.29) is 11.1 Å². The molecule has 0 atom stereocenters. The number of rotatable bonds is 2. The van der Waals surface area contributed by atoms with Crippen LogP contribution in [-0.2, 0) is 19.0 Å². The predicted molar refractivity (Wildman–Crippen MR) is 63.5 cm³/mol. The molecule has 0 aromatic carbocycles. The molecule has 0 unspecified atom stereocenters. The Morgan fingerprint density at radius 1 is 1.38 bits per heavy atom. The third-order valence-electron chi connectivity index (χ3n) is 3.37. The Kier molecular flexibility index (Phi) is 2.68. The molecule has 1 aromatic rings. The Hall–Kier alpha value is -1.06. The summed E-state index contributed by atoms with van der Waals surface area (Å²) in [4.78, 5) is 12.0. The molecule has 0 amide bonds. The highest BCUT2D eigenvalue weighted by atomic mass is 16.2. The van der Waals surface area contributed by atoms with Gasteiger partial charge in [-0.1, -0.05) is 27.2 Å². The van der Waals surface area contributed by atoms with Crippen LogP contribution in [0, 0.1) is 5.92 Å². The van der Waals surface area contributed by atoms with Crippen LogP contribution >= 0.6 is 0 Å². The summed E-state index contributed by atoms with van der Waals surface area (Å²) in [5.74, 6) is 1.54. The topological polar surface area (TPSA) is 39.8 Å². The normalized spacial score (nSPS) is 17.5. The van der Waals surface area contributed by atoms with Crippen LogP contribution in [0.3, 0.4) is 0 Å². The molecule has 90 valence electrons. The van der Waals surface area contributed by atoms with Crippen molar-refractivity contribution in [3.05, 3.63) is 16.3 Å². The zero-order chi connectivity index (χ0) is 11.9. The van der Waals surface area contributed by atoms with E-state index >= 15 is 0 Å². The molecule has 2 rings (SSSR count). The van der Waals surface area contributed by atoms with Crippen molar-refractivity contribution < 1.29 is 0 Å². The maximum Gasteiger partial charge on any atom is 0.345 e. The zero-order valence-electron chi connectivity index (χ0n) is 10.7. The minimum Gasteiger partial charge on any atom is -0.282 e. The van der Waals surface area contributed by atoms with Crippen molar-refractivity contribution in [2.24, 2.45) is 13.0 Å². The van der Waals surface area contributed by atoms with Crippen LogP contribution in [0.15, 0.2) is 4.79 Å². The Labute approximate surface area is 96.3 Å². The Morgan fingerprint density at radius 3 is 2.38 bits per heavy atom. The van der Waals surface area contributed by atoms with Crippen LogP contribution in [0.25, 0.3) is 0 Å². The molecule has 0 saturated heterocycles. The largest absolute Gasteiger partial charge is 0.345 e. The summed E-state index contributed by atoms with van der Waals surface area (Å²) in [5, 5.41) is 4.47. The van der Waals surface area contributed by atoms with Gasteiger partial charge in [0, 0.05) is 19.0 Å². The first-order valence-corrected chi connectivity index (χ1v) is 6.04. The molecule has 0 spiro atoms. The van der Waals surface area contributed by atoms with E-state index in [9.17, 15) is 4.79 Å². The van der Waals surface area contributed by atoms with E-state index in [0.717, 1.165) is 12.4 Å². The minimum atomic E-state index is -0.0707. The van der Waals surface area contributed by atoms with Crippen molar-refractivity contribution in [2.45, 2.75) is 52.0 Å². The first-order valence-electron chi connectivity index (χ1n) is 6.04. The van der Waals surface area contributed by atoms with E-state index in [4.69, 9.17) is 0 Å². The number of hydrogen-bond acceptors (Lipinski definition) is 2. The van der Waals surface area contributed by atoms with Gasteiger partial charge in [-0.25, -0.2) is 9.48 Å². The molecule has 1 aliphatic rings. The van der Waals surface area contributed by atoms with Crippen molar-refractivity contribution in [1.29, 1.82) is 0 Å². The quantitative estimate of drug-likeness (QED) is 0.765. The third kappa shape index (κ3) is 1.93. The molecule has 16 heavy (non-hydrogen) atoms. The molecule has 1 saturated carbocycles. The van der Waals surface area contributed by atoms with Gasteiger partial charge < -0.3 is 0 Å². The third-order valence-corrected chi connectivity index (χ3v) is 3.37. The summed E-state index contributed by atoms with van der Waals surface area (Å²) in [6.45, 7) is 7.05. The van der Waals surface area contributed by atoms with Gasteiger partial charge in [-0.3, -0.25) is 4.57 Å². The Balaban J connectivity index is 2.29. The molecule has 0 aliphatic heterocycles. The lowest BCUT2D eigenvalue weighted by atomic mass is 9.85. The molecule has 4 nitrogen and oxygen atoms in total. The van der Waals surface area contributed by atoms with Crippen LogP contribution in [0.2, 0.25) is 0 Å². The summed E-state index contributed by atoms with van der Waals surface area (Å²) in [7, 11) is 1.81. The monoisotopic (exact) mass is 223 g/mol. The second-order valence-corrected chi connectivity index (χ2v) is 5.89. The average molecular weight is 223 g/mol. The minimum absolute atomic E-state index is 0.0248. The number of nitrogens with zero attached hydrogens (tertiary/aromatic N) is 3. The van der Waals surface area contributed by atoms with E-state index < -0.39 is 0 Å². The van der Waals surface area contributed by atoms with Gasteiger partial charge in [0.15, 0.2) is 0 Å².